The first-order valence-electron chi connectivity index (χ1n) is 12.2. The number of nitrogens with zero attached hydrogens (tertiary/aromatic N) is 3. The Hall–Kier alpha value is -3.08. The van der Waals surface area contributed by atoms with Crippen molar-refractivity contribution in [2.75, 3.05) is 19.8 Å². The number of rotatable bonds is 7. The Morgan fingerprint density at radius 1 is 1.11 bits per heavy atom. The minimum absolute atomic E-state index is 0.0516. The van der Waals surface area contributed by atoms with E-state index in [1.165, 1.54) is 10.6 Å². The van der Waals surface area contributed by atoms with Gasteiger partial charge in [-0.05, 0) is 38.5 Å². The molecule has 3 N–H and O–H groups in total. The van der Waals surface area contributed by atoms with Gasteiger partial charge in [0.1, 0.15) is 6.61 Å². The highest BCUT2D eigenvalue weighted by molar-refractivity contribution is 5.79. The molecule has 2 aromatic heterocycles. The van der Waals surface area contributed by atoms with E-state index in [9.17, 15) is 9.59 Å². The van der Waals surface area contributed by atoms with Gasteiger partial charge in [0.2, 0.25) is 5.78 Å². The molecule has 1 aromatic carbocycles. The Morgan fingerprint density at radius 2 is 1.86 bits per heavy atom. The van der Waals surface area contributed by atoms with E-state index in [1.54, 1.807) is 0 Å². The van der Waals surface area contributed by atoms with Gasteiger partial charge in [0.25, 0.3) is 5.56 Å². The molecule has 2 fully saturated rings. The van der Waals surface area contributed by atoms with Crippen LogP contribution in [0.4, 0.5) is 0 Å². The molecule has 186 valence electrons. The molecule has 0 spiro atoms. The Balaban J connectivity index is 1.32. The lowest BCUT2D eigenvalue weighted by atomic mass is 9.84. The van der Waals surface area contributed by atoms with Gasteiger partial charge in [0.15, 0.2) is 11.4 Å². The monoisotopic (exact) mass is 481 g/mol. The van der Waals surface area contributed by atoms with Gasteiger partial charge in [-0.25, -0.2) is 4.79 Å². The Bertz CT molecular complexity index is 1230. The summed E-state index contributed by atoms with van der Waals surface area (Å²) >= 11 is 0. The van der Waals surface area contributed by atoms with Gasteiger partial charge in [-0.1, -0.05) is 36.8 Å². The molecule has 1 saturated heterocycles. The summed E-state index contributed by atoms with van der Waals surface area (Å²) in [4.78, 5) is 33.5. The molecule has 5 rings (SSSR count). The summed E-state index contributed by atoms with van der Waals surface area (Å²) in [6, 6.07) is 10.9. The molecular weight excluding hydrogens is 450 g/mol. The third-order valence-electron chi connectivity index (χ3n) is 6.93. The van der Waals surface area contributed by atoms with E-state index in [0.717, 1.165) is 24.8 Å². The summed E-state index contributed by atoms with van der Waals surface area (Å²) < 4.78 is 18.5. The Morgan fingerprint density at radius 3 is 2.60 bits per heavy atom. The van der Waals surface area contributed by atoms with Crippen LogP contribution in [0.15, 0.2) is 41.2 Å². The van der Waals surface area contributed by atoms with E-state index in [2.05, 4.69) is 15.1 Å². The largest absolute Gasteiger partial charge is 0.462 e. The third-order valence-corrected chi connectivity index (χ3v) is 6.93. The number of nitrogens with one attached hydrogen (secondary N) is 1. The van der Waals surface area contributed by atoms with Gasteiger partial charge in [-0.15, -0.1) is 5.10 Å². The molecule has 1 saturated carbocycles. The number of fused-ring (bicyclic) bond motifs is 1. The molecular formula is C25H31N5O5. The third kappa shape index (κ3) is 5.14. The second-order valence-electron chi connectivity index (χ2n) is 9.56. The fraction of sp³-hybridized carbons (Fsp3) is 0.520. The van der Waals surface area contributed by atoms with E-state index in [4.69, 9.17) is 19.9 Å². The Labute approximate surface area is 202 Å². The van der Waals surface area contributed by atoms with Crippen molar-refractivity contribution in [3.8, 4) is 11.4 Å². The van der Waals surface area contributed by atoms with Crippen LogP contribution in [0.1, 0.15) is 50.6 Å². The minimum Gasteiger partial charge on any atom is -0.462 e. The average molecular weight is 482 g/mol. The molecule has 0 bridgehead atoms. The smallest absolute Gasteiger partial charge is 0.338 e. The highest BCUT2D eigenvalue weighted by atomic mass is 16.6. The topological polar surface area (TPSA) is 134 Å². The maximum absolute atomic E-state index is 13.2. The highest BCUT2D eigenvalue weighted by Gasteiger charge is 2.43. The number of ether oxygens (including phenoxy) is 3. The van der Waals surface area contributed by atoms with Gasteiger partial charge in [-0.2, -0.15) is 9.50 Å². The fourth-order valence-corrected chi connectivity index (χ4v) is 4.73. The molecule has 35 heavy (non-hydrogen) atoms. The summed E-state index contributed by atoms with van der Waals surface area (Å²) in [5, 5.41) is 4.32. The maximum atomic E-state index is 13.2. The van der Waals surface area contributed by atoms with Crippen LogP contribution in [0.25, 0.3) is 17.2 Å². The summed E-state index contributed by atoms with van der Waals surface area (Å²) in [5.74, 6) is 0.388. The van der Waals surface area contributed by atoms with E-state index in [1.807, 2.05) is 30.3 Å². The average Bonchev–Trinajstić information content (AvgIpc) is 3.33. The lowest BCUT2D eigenvalue weighted by molar-refractivity contribution is -0.182. The van der Waals surface area contributed by atoms with Gasteiger partial charge in [-0.3, -0.25) is 4.79 Å². The number of carbonyl (C=O) groups excluding carboxylic acids is 1. The number of esters is 1. The number of benzene rings is 1. The first kappa shape index (κ1) is 23.7. The van der Waals surface area contributed by atoms with E-state index in [0.29, 0.717) is 56.2 Å². The van der Waals surface area contributed by atoms with E-state index in [-0.39, 0.29) is 24.7 Å². The minimum atomic E-state index is -1.05. The zero-order chi connectivity index (χ0) is 24.3. The number of aromatic amines is 1. The Kier molecular flexibility index (Phi) is 6.68. The van der Waals surface area contributed by atoms with Crippen molar-refractivity contribution in [3.05, 3.63) is 52.4 Å². The van der Waals surface area contributed by atoms with E-state index >= 15 is 0 Å². The number of hydrogen-bond acceptors (Lipinski definition) is 8. The summed E-state index contributed by atoms with van der Waals surface area (Å²) in [5.41, 5.74) is 5.80. The van der Waals surface area contributed by atoms with Crippen LogP contribution in [0.3, 0.4) is 0 Å². The standard InChI is InChI=1S/C25H31N5O5/c26-24(11-13-33-14-12-24)17-34-22(32)25(9-5-2-6-10-25)35-16-19-15-20(31)30-23(27-19)28-21(29-30)18-7-3-1-4-8-18/h1,3-4,7-8,15H,2,5-6,9-14,16-17,26H2,(H,27,28,29). The van der Waals surface area contributed by atoms with Gasteiger partial charge >= 0.3 is 5.97 Å². The number of carbonyl (C=O) groups is 1. The predicted octanol–water partition coefficient (Wildman–Crippen LogP) is 2.36. The van der Waals surface area contributed by atoms with Gasteiger partial charge < -0.3 is 24.9 Å². The number of hydrogen-bond donors (Lipinski definition) is 2. The van der Waals surface area contributed by atoms with Crippen molar-refractivity contribution in [1.82, 2.24) is 19.6 Å². The number of H-pyrrole nitrogens is 1. The van der Waals surface area contributed by atoms with Crippen LogP contribution in [0.5, 0.6) is 0 Å². The molecule has 3 heterocycles. The lowest BCUT2D eigenvalue weighted by Gasteiger charge is -2.37. The normalized spacial score (nSPS) is 19.5. The molecule has 10 heteroatoms. The van der Waals surface area contributed by atoms with Crippen molar-refractivity contribution in [2.24, 2.45) is 5.73 Å². The first-order chi connectivity index (χ1) is 17.0. The van der Waals surface area contributed by atoms with Crippen molar-refractivity contribution >= 4 is 11.7 Å². The van der Waals surface area contributed by atoms with Gasteiger partial charge in [0.05, 0.1) is 12.1 Å². The zero-order valence-corrected chi connectivity index (χ0v) is 19.7. The zero-order valence-electron chi connectivity index (χ0n) is 19.7. The first-order valence-corrected chi connectivity index (χ1v) is 12.2. The summed E-state index contributed by atoms with van der Waals surface area (Å²) in [6.45, 7) is 1.33. The number of aromatic nitrogens is 4. The van der Waals surface area contributed by atoms with Crippen LogP contribution in [0.2, 0.25) is 0 Å². The summed E-state index contributed by atoms with van der Waals surface area (Å²) in [7, 11) is 0. The van der Waals surface area contributed by atoms with Crippen LogP contribution in [-0.2, 0) is 25.6 Å². The quantitative estimate of drug-likeness (QED) is 0.491. The maximum Gasteiger partial charge on any atom is 0.338 e. The molecule has 0 radical (unpaired) electrons. The molecule has 0 unspecified atom stereocenters. The van der Waals surface area contributed by atoms with Crippen LogP contribution in [0, 0.1) is 0 Å². The predicted molar refractivity (Wildman–Crippen MR) is 128 cm³/mol. The van der Waals surface area contributed by atoms with E-state index < -0.39 is 11.1 Å². The highest BCUT2D eigenvalue weighted by Crippen LogP contribution is 2.34. The molecule has 3 aromatic rings. The SMILES string of the molecule is NC1(COC(=O)C2(OCc3cc(=O)n4nc(-c5ccccc5)nc4[nH]3)CCCCC2)CCOCC1. The number of nitrogens with two attached hydrogens (primary N) is 1. The lowest BCUT2D eigenvalue weighted by Crippen LogP contribution is -2.52. The van der Waals surface area contributed by atoms with Crippen LogP contribution < -0.4 is 11.3 Å². The van der Waals surface area contributed by atoms with Crippen molar-refractivity contribution in [3.63, 3.8) is 0 Å². The van der Waals surface area contributed by atoms with Crippen molar-refractivity contribution in [1.29, 1.82) is 0 Å². The van der Waals surface area contributed by atoms with Crippen molar-refractivity contribution < 1.29 is 19.0 Å². The van der Waals surface area contributed by atoms with Crippen molar-refractivity contribution in [2.45, 2.75) is 62.7 Å². The second kappa shape index (κ2) is 9.88. The molecule has 2 aliphatic rings. The molecule has 1 aliphatic heterocycles. The molecule has 1 aliphatic carbocycles. The molecule has 0 atom stereocenters. The van der Waals surface area contributed by atoms with Crippen LogP contribution >= 0.6 is 0 Å². The molecule has 10 nitrogen and oxygen atoms in total. The summed E-state index contributed by atoms with van der Waals surface area (Å²) in [6.07, 6.45) is 5.23. The second-order valence-corrected chi connectivity index (χ2v) is 9.56. The van der Waals surface area contributed by atoms with Gasteiger partial charge in [0, 0.05) is 30.5 Å². The van der Waals surface area contributed by atoms with Crippen LogP contribution in [-0.4, -0.2) is 56.5 Å². The fourth-order valence-electron chi connectivity index (χ4n) is 4.73. The molecule has 0 amide bonds.